The van der Waals surface area contributed by atoms with Crippen molar-refractivity contribution in [3.8, 4) is 0 Å². The lowest BCUT2D eigenvalue weighted by Crippen LogP contribution is -2.10. The third kappa shape index (κ3) is 2.01. The highest BCUT2D eigenvalue weighted by atomic mass is 16.1. The molecular weight excluding hydrogens is 270 g/mol. The number of para-hydroxylation sites is 2. The summed E-state index contributed by atoms with van der Waals surface area (Å²) in [6, 6.07) is 26.0. The number of carbonyl (C=O) groups is 1. The third-order valence-electron chi connectivity index (χ3n) is 4.08. The number of Topliss-reactive ketones (excluding diaryl/α,β-unsaturated/α-hetero) is 1. The fourth-order valence-corrected chi connectivity index (χ4v) is 3.03. The molecule has 4 aromatic rings. The SMILES string of the molecule is O=C(Cn1c2ccccc2c2ccccc21)c1ccccc1. The second-order valence-corrected chi connectivity index (χ2v) is 5.41. The van der Waals surface area contributed by atoms with E-state index >= 15 is 0 Å². The second kappa shape index (κ2) is 5.15. The fraction of sp³-hybridized carbons (Fsp3) is 0.0500. The largest absolute Gasteiger partial charge is 0.333 e. The van der Waals surface area contributed by atoms with Crippen molar-refractivity contribution in [2.45, 2.75) is 6.54 Å². The molecule has 0 atom stereocenters. The quantitative estimate of drug-likeness (QED) is 0.501. The maximum atomic E-state index is 12.6. The minimum atomic E-state index is 0.132. The molecule has 0 unspecified atom stereocenters. The first-order chi connectivity index (χ1) is 10.8. The van der Waals surface area contributed by atoms with Crippen LogP contribution in [0.4, 0.5) is 0 Å². The number of hydrogen-bond donors (Lipinski definition) is 0. The molecule has 2 heteroatoms. The lowest BCUT2D eigenvalue weighted by Gasteiger charge is -2.07. The van der Waals surface area contributed by atoms with Crippen molar-refractivity contribution in [1.82, 2.24) is 4.57 Å². The molecule has 22 heavy (non-hydrogen) atoms. The molecule has 0 amide bonds. The number of benzene rings is 3. The van der Waals surface area contributed by atoms with Crippen molar-refractivity contribution in [1.29, 1.82) is 0 Å². The minimum Gasteiger partial charge on any atom is -0.333 e. The van der Waals surface area contributed by atoms with Crippen molar-refractivity contribution in [3.63, 3.8) is 0 Å². The van der Waals surface area contributed by atoms with Gasteiger partial charge in [0.2, 0.25) is 0 Å². The Morgan fingerprint density at radius 1 is 0.682 bits per heavy atom. The Morgan fingerprint density at radius 2 is 1.18 bits per heavy atom. The smallest absolute Gasteiger partial charge is 0.182 e. The summed E-state index contributed by atoms with van der Waals surface area (Å²) in [5, 5.41) is 2.39. The molecule has 4 rings (SSSR count). The van der Waals surface area contributed by atoms with Gasteiger partial charge in [0.15, 0.2) is 5.78 Å². The van der Waals surface area contributed by atoms with Crippen LogP contribution in [-0.4, -0.2) is 10.4 Å². The number of rotatable bonds is 3. The van der Waals surface area contributed by atoms with Crippen molar-refractivity contribution in [2.75, 3.05) is 0 Å². The average molecular weight is 285 g/mol. The Bertz CT molecular complexity index is 914. The summed E-state index contributed by atoms with van der Waals surface area (Å²) in [4.78, 5) is 12.6. The van der Waals surface area contributed by atoms with E-state index in [-0.39, 0.29) is 5.78 Å². The van der Waals surface area contributed by atoms with Crippen molar-refractivity contribution < 1.29 is 4.79 Å². The highest BCUT2D eigenvalue weighted by Crippen LogP contribution is 2.28. The summed E-state index contributed by atoms with van der Waals surface area (Å²) in [6.45, 7) is 0.359. The summed E-state index contributed by atoms with van der Waals surface area (Å²) in [7, 11) is 0. The first-order valence-electron chi connectivity index (χ1n) is 7.39. The third-order valence-corrected chi connectivity index (χ3v) is 4.08. The van der Waals surface area contributed by atoms with Crippen LogP contribution in [0.15, 0.2) is 78.9 Å². The zero-order valence-corrected chi connectivity index (χ0v) is 12.1. The van der Waals surface area contributed by atoms with Gasteiger partial charge in [0.05, 0.1) is 6.54 Å². The van der Waals surface area contributed by atoms with E-state index in [0.29, 0.717) is 6.54 Å². The van der Waals surface area contributed by atoms with E-state index in [1.165, 1.54) is 10.8 Å². The van der Waals surface area contributed by atoms with Crippen LogP contribution in [0.2, 0.25) is 0 Å². The van der Waals surface area contributed by atoms with Gasteiger partial charge in [-0.2, -0.15) is 0 Å². The van der Waals surface area contributed by atoms with Gasteiger partial charge in [0, 0.05) is 27.4 Å². The molecule has 1 aromatic heterocycles. The van der Waals surface area contributed by atoms with Gasteiger partial charge in [-0.25, -0.2) is 0 Å². The lowest BCUT2D eigenvalue weighted by molar-refractivity contribution is 0.0975. The number of ketones is 1. The van der Waals surface area contributed by atoms with Crippen LogP contribution in [0.5, 0.6) is 0 Å². The summed E-state index contributed by atoms with van der Waals surface area (Å²) >= 11 is 0. The van der Waals surface area contributed by atoms with E-state index in [4.69, 9.17) is 0 Å². The lowest BCUT2D eigenvalue weighted by atomic mass is 10.1. The van der Waals surface area contributed by atoms with E-state index in [1.54, 1.807) is 0 Å². The van der Waals surface area contributed by atoms with Gasteiger partial charge >= 0.3 is 0 Å². The van der Waals surface area contributed by atoms with Crippen molar-refractivity contribution in [3.05, 3.63) is 84.4 Å². The Hall–Kier alpha value is -2.87. The number of nitrogens with zero attached hydrogens (tertiary/aromatic N) is 1. The summed E-state index contributed by atoms with van der Waals surface area (Å²) in [5.41, 5.74) is 2.96. The Balaban J connectivity index is 1.88. The molecule has 0 bridgehead atoms. The predicted octanol–water partition coefficient (Wildman–Crippen LogP) is 4.68. The summed E-state index contributed by atoms with van der Waals surface area (Å²) < 4.78 is 2.11. The van der Waals surface area contributed by atoms with Crippen molar-refractivity contribution in [2.24, 2.45) is 0 Å². The molecule has 0 radical (unpaired) electrons. The van der Waals surface area contributed by atoms with Gasteiger partial charge < -0.3 is 4.57 Å². The zero-order chi connectivity index (χ0) is 14.9. The van der Waals surface area contributed by atoms with E-state index in [1.807, 2.05) is 54.6 Å². The predicted molar refractivity (Wildman–Crippen MR) is 90.2 cm³/mol. The Labute approximate surface area is 128 Å². The molecule has 1 heterocycles. The molecule has 0 spiro atoms. The number of fused-ring (bicyclic) bond motifs is 3. The zero-order valence-electron chi connectivity index (χ0n) is 12.1. The summed E-state index contributed by atoms with van der Waals surface area (Å²) in [5.74, 6) is 0.132. The Morgan fingerprint density at radius 3 is 1.77 bits per heavy atom. The molecule has 0 aliphatic carbocycles. The van der Waals surface area contributed by atoms with Gasteiger partial charge in [-0.15, -0.1) is 0 Å². The van der Waals surface area contributed by atoms with Gasteiger partial charge in [-0.1, -0.05) is 66.7 Å². The molecule has 0 saturated carbocycles. The second-order valence-electron chi connectivity index (χ2n) is 5.41. The fourth-order valence-electron chi connectivity index (χ4n) is 3.03. The van der Waals surface area contributed by atoms with E-state index < -0.39 is 0 Å². The average Bonchev–Trinajstić information content (AvgIpc) is 2.90. The first kappa shape index (κ1) is 12.8. The molecule has 0 N–H and O–H groups in total. The van der Waals surface area contributed by atoms with Crippen LogP contribution in [-0.2, 0) is 6.54 Å². The monoisotopic (exact) mass is 285 g/mol. The highest BCUT2D eigenvalue weighted by Gasteiger charge is 2.13. The topological polar surface area (TPSA) is 22.0 Å². The minimum absolute atomic E-state index is 0.132. The normalized spacial score (nSPS) is 11.1. The molecule has 106 valence electrons. The van der Waals surface area contributed by atoms with Crippen LogP contribution in [0.1, 0.15) is 10.4 Å². The number of carbonyl (C=O) groups excluding carboxylic acids is 1. The molecule has 0 aliphatic rings. The molecule has 0 aliphatic heterocycles. The summed E-state index contributed by atoms with van der Waals surface area (Å²) in [6.07, 6.45) is 0. The Kier molecular flexibility index (Phi) is 3.01. The molecule has 0 saturated heterocycles. The van der Waals surface area contributed by atoms with Gasteiger partial charge in [0.1, 0.15) is 0 Å². The van der Waals surface area contributed by atoms with Gasteiger partial charge in [0.25, 0.3) is 0 Å². The number of aromatic nitrogens is 1. The van der Waals surface area contributed by atoms with Crippen LogP contribution >= 0.6 is 0 Å². The maximum Gasteiger partial charge on any atom is 0.182 e. The van der Waals surface area contributed by atoms with Crippen LogP contribution in [0, 0.1) is 0 Å². The molecule has 0 fully saturated rings. The highest BCUT2D eigenvalue weighted by molar-refractivity contribution is 6.09. The molecule has 2 nitrogen and oxygen atoms in total. The van der Waals surface area contributed by atoms with E-state index in [2.05, 4.69) is 28.8 Å². The van der Waals surface area contributed by atoms with Crippen LogP contribution in [0.25, 0.3) is 21.8 Å². The maximum absolute atomic E-state index is 12.6. The molecular formula is C20H15NO. The van der Waals surface area contributed by atoms with Crippen LogP contribution < -0.4 is 0 Å². The van der Waals surface area contributed by atoms with Gasteiger partial charge in [-0.3, -0.25) is 4.79 Å². The van der Waals surface area contributed by atoms with Crippen LogP contribution in [0.3, 0.4) is 0 Å². The van der Waals surface area contributed by atoms with Crippen molar-refractivity contribution >= 4 is 27.6 Å². The van der Waals surface area contributed by atoms with E-state index in [9.17, 15) is 4.79 Å². The molecule has 3 aromatic carbocycles. The van der Waals surface area contributed by atoms with Gasteiger partial charge in [-0.05, 0) is 12.1 Å². The van der Waals surface area contributed by atoms with E-state index in [0.717, 1.165) is 16.6 Å². The standard InChI is InChI=1S/C20H15NO/c22-20(15-8-2-1-3-9-15)14-21-18-12-6-4-10-16(18)17-11-5-7-13-19(17)21/h1-13H,14H2. The number of hydrogen-bond acceptors (Lipinski definition) is 1. The first-order valence-corrected chi connectivity index (χ1v) is 7.39.